The minimum atomic E-state index is -0.492. The van der Waals surface area contributed by atoms with Gasteiger partial charge < -0.3 is 20.3 Å². The standard InChI is InChI=1S/C26H30N4O4S/c1-17(20-8-4-5-9-21(20)34-2)27-24(32)18-10-12-19(13-11-18)28-23(31)16-22-25(33)29-26(35-22)30-14-6-3-7-15-30/h4-5,8-13,17,22H,3,6-7,14-16H2,1-2H3,(H,27,32)(H,28,31)/t17-,22+/m0/s1. The molecule has 1 fully saturated rings. The summed E-state index contributed by atoms with van der Waals surface area (Å²) in [5.41, 5.74) is 1.93. The lowest BCUT2D eigenvalue weighted by Gasteiger charge is -2.27. The van der Waals surface area contributed by atoms with Crippen molar-refractivity contribution in [3.63, 3.8) is 0 Å². The number of hydrogen-bond acceptors (Lipinski definition) is 6. The van der Waals surface area contributed by atoms with E-state index in [4.69, 9.17) is 4.74 Å². The number of likely N-dealkylation sites (tertiary alicyclic amines) is 1. The number of nitrogens with zero attached hydrogens (tertiary/aromatic N) is 2. The number of piperidine rings is 1. The third kappa shape index (κ3) is 6.22. The van der Waals surface area contributed by atoms with E-state index in [1.165, 1.54) is 18.2 Å². The molecule has 0 spiro atoms. The van der Waals surface area contributed by atoms with E-state index in [0.717, 1.165) is 36.7 Å². The van der Waals surface area contributed by atoms with Crippen molar-refractivity contribution in [2.75, 3.05) is 25.5 Å². The molecule has 1 saturated heterocycles. The average Bonchev–Trinajstić information content (AvgIpc) is 3.24. The Morgan fingerprint density at radius 2 is 1.83 bits per heavy atom. The molecule has 0 bridgehead atoms. The molecule has 2 aromatic carbocycles. The normalized spacial score (nSPS) is 18.6. The predicted octanol–water partition coefficient (Wildman–Crippen LogP) is 4.00. The topological polar surface area (TPSA) is 100 Å². The highest BCUT2D eigenvalue weighted by atomic mass is 32.2. The Hall–Kier alpha value is -3.33. The van der Waals surface area contributed by atoms with Gasteiger partial charge in [0.2, 0.25) is 5.91 Å². The van der Waals surface area contributed by atoms with Crippen LogP contribution in [0, 0.1) is 0 Å². The number of ether oxygens (including phenoxy) is 1. The van der Waals surface area contributed by atoms with Gasteiger partial charge >= 0.3 is 0 Å². The minimum Gasteiger partial charge on any atom is -0.496 e. The van der Waals surface area contributed by atoms with Crippen LogP contribution in [0.25, 0.3) is 0 Å². The molecule has 2 atom stereocenters. The fourth-order valence-electron chi connectivity index (χ4n) is 4.20. The Labute approximate surface area is 209 Å². The number of rotatable bonds is 7. The lowest BCUT2D eigenvalue weighted by Crippen LogP contribution is -2.33. The molecule has 0 unspecified atom stereocenters. The lowest BCUT2D eigenvalue weighted by atomic mass is 10.1. The van der Waals surface area contributed by atoms with Crippen LogP contribution in [0.15, 0.2) is 53.5 Å². The smallest absolute Gasteiger partial charge is 0.262 e. The van der Waals surface area contributed by atoms with Gasteiger partial charge in [0, 0.05) is 36.3 Å². The average molecular weight is 495 g/mol. The summed E-state index contributed by atoms with van der Waals surface area (Å²) in [6.07, 6.45) is 3.47. The second-order valence-corrected chi connectivity index (χ2v) is 9.82. The molecule has 0 aromatic heterocycles. The van der Waals surface area contributed by atoms with Gasteiger partial charge in [-0.1, -0.05) is 30.0 Å². The van der Waals surface area contributed by atoms with E-state index in [1.54, 1.807) is 31.4 Å². The number of carbonyl (C=O) groups is 3. The zero-order valence-electron chi connectivity index (χ0n) is 20.0. The molecule has 184 valence electrons. The van der Waals surface area contributed by atoms with Gasteiger partial charge in [0.1, 0.15) is 11.0 Å². The van der Waals surface area contributed by atoms with Gasteiger partial charge in [-0.25, -0.2) is 0 Å². The van der Waals surface area contributed by atoms with Crippen LogP contribution in [-0.4, -0.2) is 53.2 Å². The molecule has 2 aliphatic heterocycles. The van der Waals surface area contributed by atoms with Crippen molar-refractivity contribution >= 4 is 40.3 Å². The Balaban J connectivity index is 1.28. The number of amidine groups is 1. The summed E-state index contributed by atoms with van der Waals surface area (Å²) >= 11 is 1.38. The quantitative estimate of drug-likeness (QED) is 0.604. The van der Waals surface area contributed by atoms with Gasteiger partial charge in [0.15, 0.2) is 5.17 Å². The van der Waals surface area contributed by atoms with Crippen molar-refractivity contribution < 1.29 is 19.1 Å². The minimum absolute atomic E-state index is 0.0585. The van der Waals surface area contributed by atoms with Crippen LogP contribution in [-0.2, 0) is 9.59 Å². The maximum atomic E-state index is 12.7. The maximum absolute atomic E-state index is 12.7. The first-order valence-corrected chi connectivity index (χ1v) is 12.7. The van der Waals surface area contributed by atoms with Gasteiger partial charge in [0.05, 0.1) is 13.2 Å². The van der Waals surface area contributed by atoms with Crippen molar-refractivity contribution in [2.45, 2.75) is 43.9 Å². The monoisotopic (exact) mass is 494 g/mol. The van der Waals surface area contributed by atoms with Gasteiger partial charge in [-0.15, -0.1) is 0 Å². The summed E-state index contributed by atoms with van der Waals surface area (Å²) in [4.78, 5) is 43.9. The number of thioether (sulfide) groups is 1. The number of para-hydroxylation sites is 1. The highest BCUT2D eigenvalue weighted by Crippen LogP contribution is 2.29. The van der Waals surface area contributed by atoms with E-state index in [9.17, 15) is 14.4 Å². The number of hydrogen-bond donors (Lipinski definition) is 2. The van der Waals surface area contributed by atoms with Crippen LogP contribution in [0.2, 0.25) is 0 Å². The van der Waals surface area contributed by atoms with E-state index in [1.807, 2.05) is 31.2 Å². The van der Waals surface area contributed by atoms with E-state index in [0.29, 0.717) is 17.0 Å². The SMILES string of the molecule is COc1ccccc1[C@H](C)NC(=O)c1ccc(NC(=O)C[C@H]2SC(N3CCCCC3)=NC2=O)cc1. The van der Waals surface area contributed by atoms with Crippen LogP contribution in [0.5, 0.6) is 5.75 Å². The van der Waals surface area contributed by atoms with Crippen molar-refractivity contribution in [1.82, 2.24) is 10.2 Å². The summed E-state index contributed by atoms with van der Waals surface area (Å²) < 4.78 is 5.37. The summed E-state index contributed by atoms with van der Waals surface area (Å²) in [5, 5.41) is 6.03. The fraction of sp³-hybridized carbons (Fsp3) is 0.385. The lowest BCUT2D eigenvalue weighted by molar-refractivity contribution is -0.121. The molecular weight excluding hydrogens is 464 g/mol. The first-order valence-electron chi connectivity index (χ1n) is 11.8. The highest BCUT2D eigenvalue weighted by molar-refractivity contribution is 8.15. The van der Waals surface area contributed by atoms with Crippen molar-refractivity contribution in [1.29, 1.82) is 0 Å². The zero-order chi connectivity index (χ0) is 24.8. The van der Waals surface area contributed by atoms with Gasteiger partial charge in [-0.05, 0) is 56.5 Å². The molecule has 9 heteroatoms. The van der Waals surface area contributed by atoms with Crippen LogP contribution < -0.4 is 15.4 Å². The predicted molar refractivity (Wildman–Crippen MR) is 138 cm³/mol. The van der Waals surface area contributed by atoms with E-state index >= 15 is 0 Å². The number of amides is 3. The van der Waals surface area contributed by atoms with E-state index in [2.05, 4.69) is 20.5 Å². The number of carbonyl (C=O) groups excluding carboxylic acids is 3. The molecule has 2 aliphatic rings. The number of aliphatic imine (C=N–C) groups is 1. The molecule has 4 rings (SSSR count). The van der Waals surface area contributed by atoms with E-state index < -0.39 is 5.25 Å². The second kappa shape index (κ2) is 11.4. The van der Waals surface area contributed by atoms with Gasteiger partial charge in [-0.3, -0.25) is 14.4 Å². The molecule has 2 heterocycles. The van der Waals surface area contributed by atoms with Crippen molar-refractivity contribution in [2.24, 2.45) is 4.99 Å². The van der Waals surface area contributed by atoms with Gasteiger partial charge in [0.25, 0.3) is 11.8 Å². The van der Waals surface area contributed by atoms with Crippen LogP contribution >= 0.6 is 11.8 Å². The third-order valence-electron chi connectivity index (χ3n) is 6.11. The summed E-state index contributed by atoms with van der Waals surface area (Å²) in [6.45, 7) is 3.72. The molecule has 2 N–H and O–H groups in total. The van der Waals surface area contributed by atoms with Crippen LogP contribution in [0.3, 0.4) is 0 Å². The van der Waals surface area contributed by atoms with Gasteiger partial charge in [-0.2, -0.15) is 4.99 Å². The molecule has 0 aliphatic carbocycles. The second-order valence-electron chi connectivity index (χ2n) is 8.65. The Bertz CT molecular complexity index is 1110. The molecule has 8 nitrogen and oxygen atoms in total. The number of nitrogens with one attached hydrogen (secondary N) is 2. The highest BCUT2D eigenvalue weighted by Gasteiger charge is 2.33. The first-order chi connectivity index (χ1) is 16.9. The zero-order valence-corrected chi connectivity index (χ0v) is 20.8. The number of anilines is 1. The molecule has 0 saturated carbocycles. The fourth-order valence-corrected chi connectivity index (χ4v) is 5.31. The number of methoxy groups -OCH3 is 1. The third-order valence-corrected chi connectivity index (χ3v) is 7.32. The Kier molecular flexibility index (Phi) is 8.07. The van der Waals surface area contributed by atoms with E-state index in [-0.39, 0.29) is 30.2 Å². The Morgan fingerprint density at radius 3 is 2.54 bits per heavy atom. The Morgan fingerprint density at radius 1 is 1.11 bits per heavy atom. The van der Waals surface area contributed by atoms with Crippen molar-refractivity contribution in [3.8, 4) is 5.75 Å². The molecule has 2 aromatic rings. The summed E-state index contributed by atoms with van der Waals surface area (Å²) in [7, 11) is 1.60. The largest absolute Gasteiger partial charge is 0.496 e. The van der Waals surface area contributed by atoms with Crippen molar-refractivity contribution in [3.05, 3.63) is 59.7 Å². The summed E-state index contributed by atoms with van der Waals surface area (Å²) in [5.74, 6) is -0.0165. The summed E-state index contributed by atoms with van der Waals surface area (Å²) in [6, 6.07) is 14.0. The molecule has 3 amide bonds. The first kappa shape index (κ1) is 24.8. The molecule has 0 radical (unpaired) electrons. The number of benzene rings is 2. The molecule has 35 heavy (non-hydrogen) atoms. The van der Waals surface area contributed by atoms with Crippen LogP contribution in [0.4, 0.5) is 5.69 Å². The molecular formula is C26H30N4O4S. The maximum Gasteiger partial charge on any atom is 0.262 e. The van der Waals surface area contributed by atoms with Crippen LogP contribution in [0.1, 0.15) is 54.6 Å².